The fraction of sp³-hybridized carbons (Fsp3) is 0.412. The number of benzene rings is 1. The van der Waals surface area contributed by atoms with Gasteiger partial charge in [0.15, 0.2) is 6.10 Å². The highest BCUT2D eigenvalue weighted by Crippen LogP contribution is 2.46. The maximum atomic E-state index is 13.6. The van der Waals surface area contributed by atoms with Crippen molar-refractivity contribution in [2.45, 2.75) is 43.7 Å². The third-order valence-electron chi connectivity index (χ3n) is 4.53. The molecule has 0 spiro atoms. The zero-order chi connectivity index (χ0) is 23.7. The molecule has 1 saturated heterocycles. The highest BCUT2D eigenvalue weighted by molar-refractivity contribution is 7.46. The Kier molecular flexibility index (Phi) is 9.87. The predicted octanol–water partition coefficient (Wildman–Crippen LogP) is 1.91. The fourth-order valence-electron chi connectivity index (χ4n) is 3.17. The number of rotatable bonds is 7. The molecule has 0 unspecified atom stereocenters. The average molecular weight is 518 g/mol. The molecule has 2 heterocycles. The lowest BCUT2D eigenvalue weighted by Crippen LogP contribution is -2.46. The van der Waals surface area contributed by atoms with E-state index in [-0.39, 0.29) is 18.9 Å². The topological polar surface area (TPSA) is 210 Å². The first kappa shape index (κ1) is 29.6. The second-order valence-corrected chi connectivity index (χ2v) is 8.02. The number of hydrogen-bond acceptors (Lipinski definition) is 8. The Bertz CT molecular complexity index is 1110. The van der Waals surface area contributed by atoms with Crippen LogP contribution in [0.1, 0.15) is 18.2 Å². The van der Waals surface area contributed by atoms with E-state index in [9.17, 15) is 31.7 Å². The summed E-state index contributed by atoms with van der Waals surface area (Å²) in [6.07, 6.45) is -13.6. The molecule has 1 aliphatic rings. The lowest BCUT2D eigenvalue weighted by atomic mass is 10.1. The van der Waals surface area contributed by atoms with Gasteiger partial charge in [-0.25, -0.2) is 9.36 Å². The molecule has 3 rings (SSSR count). The van der Waals surface area contributed by atoms with E-state index in [1.165, 1.54) is 0 Å². The summed E-state index contributed by atoms with van der Waals surface area (Å²) in [5.74, 6) is -1.39. The SMILES string of the molecule is N.N.O=c1[nH]c(=O)n([C@H]2C[C@H](OCc3ccccc3)[C@@H]([C@@H](OP(=O)(O)O)C(F)(F)F)O2)cc1F. The number of nitrogens with zero attached hydrogens (tertiary/aromatic N) is 1. The second kappa shape index (κ2) is 11.3. The molecule has 192 valence electrons. The van der Waals surface area contributed by atoms with E-state index >= 15 is 0 Å². The lowest BCUT2D eigenvalue weighted by Gasteiger charge is -2.29. The Morgan fingerprint density at radius 2 is 1.82 bits per heavy atom. The van der Waals surface area contributed by atoms with Gasteiger partial charge in [0.2, 0.25) is 5.82 Å². The molecule has 34 heavy (non-hydrogen) atoms. The summed E-state index contributed by atoms with van der Waals surface area (Å²) in [6, 6.07) is 8.26. The standard InChI is InChI=1S/C17H17F4N2O8P.2H3N/c18-10-7-23(16(25)22-15(10)24)12-6-11(29-8-9-4-2-1-3-5-9)13(30-12)14(17(19,20)21)31-32(26,27)28;;/h1-5,7,11-14H,6,8H2,(H,22,24,25)(H2,26,27,28);2*1H3/t11-,12+,13-,14+;;/m0../s1. The highest BCUT2D eigenvalue weighted by atomic mass is 31.2. The van der Waals surface area contributed by atoms with Crippen LogP contribution in [-0.2, 0) is 25.2 Å². The van der Waals surface area contributed by atoms with E-state index in [0.29, 0.717) is 16.3 Å². The molecule has 1 fully saturated rings. The van der Waals surface area contributed by atoms with Crippen molar-refractivity contribution < 1.29 is 45.9 Å². The van der Waals surface area contributed by atoms with E-state index in [0.717, 1.165) is 0 Å². The Labute approximate surface area is 188 Å². The number of aromatic nitrogens is 2. The maximum Gasteiger partial charge on any atom is 0.470 e. The molecule has 1 aromatic carbocycles. The summed E-state index contributed by atoms with van der Waals surface area (Å²) >= 11 is 0. The van der Waals surface area contributed by atoms with E-state index in [1.807, 2.05) is 0 Å². The van der Waals surface area contributed by atoms with E-state index < -0.39 is 62.0 Å². The van der Waals surface area contributed by atoms with Crippen LogP contribution in [0, 0.1) is 5.82 Å². The smallest absolute Gasteiger partial charge is 0.371 e. The number of nitrogens with one attached hydrogen (secondary N) is 1. The summed E-state index contributed by atoms with van der Waals surface area (Å²) in [5, 5.41) is 0. The summed E-state index contributed by atoms with van der Waals surface area (Å²) in [5.41, 5.74) is -1.93. The minimum absolute atomic E-state index is 0. The molecule has 17 heteroatoms. The van der Waals surface area contributed by atoms with Gasteiger partial charge in [0.25, 0.3) is 5.56 Å². The monoisotopic (exact) mass is 518 g/mol. The third kappa shape index (κ3) is 7.28. The van der Waals surface area contributed by atoms with Crippen LogP contribution in [0.2, 0.25) is 0 Å². The maximum absolute atomic E-state index is 13.6. The van der Waals surface area contributed by atoms with Gasteiger partial charge < -0.3 is 31.6 Å². The lowest BCUT2D eigenvalue weighted by molar-refractivity contribution is -0.242. The molecule has 2 aromatic rings. The molecule has 0 saturated carbocycles. The molecule has 1 aliphatic heterocycles. The Morgan fingerprint density at radius 3 is 2.38 bits per heavy atom. The number of alkyl halides is 3. The summed E-state index contributed by atoms with van der Waals surface area (Å²) < 4.78 is 80.7. The van der Waals surface area contributed by atoms with Gasteiger partial charge in [-0.2, -0.15) is 17.6 Å². The molecular formula is C17H23F4N4O8P. The van der Waals surface area contributed by atoms with Crippen LogP contribution in [-0.4, -0.2) is 43.8 Å². The zero-order valence-electron chi connectivity index (χ0n) is 17.4. The first-order valence-corrected chi connectivity index (χ1v) is 10.5. The number of halogens is 4. The number of ether oxygens (including phenoxy) is 2. The summed E-state index contributed by atoms with van der Waals surface area (Å²) in [4.78, 5) is 42.8. The molecule has 0 amide bonds. The van der Waals surface area contributed by atoms with Gasteiger partial charge in [-0.05, 0) is 5.56 Å². The van der Waals surface area contributed by atoms with E-state index in [2.05, 4.69) is 4.52 Å². The van der Waals surface area contributed by atoms with Crippen LogP contribution in [0.4, 0.5) is 17.6 Å². The van der Waals surface area contributed by atoms with Crippen molar-refractivity contribution in [3.63, 3.8) is 0 Å². The van der Waals surface area contributed by atoms with Gasteiger partial charge >= 0.3 is 19.7 Å². The predicted molar refractivity (Wildman–Crippen MR) is 108 cm³/mol. The number of phosphoric ester groups is 1. The Balaban J connectivity index is 0.00000289. The first-order chi connectivity index (χ1) is 14.8. The summed E-state index contributed by atoms with van der Waals surface area (Å²) in [6.45, 7) is -0.201. The van der Waals surface area contributed by atoms with Crippen molar-refractivity contribution in [2.75, 3.05) is 0 Å². The van der Waals surface area contributed by atoms with Crippen LogP contribution in [0.25, 0.3) is 0 Å². The Morgan fingerprint density at radius 1 is 1.21 bits per heavy atom. The number of aromatic amines is 1. The van der Waals surface area contributed by atoms with Crippen molar-refractivity contribution >= 4 is 7.82 Å². The summed E-state index contributed by atoms with van der Waals surface area (Å²) in [7, 11) is -5.62. The van der Waals surface area contributed by atoms with Gasteiger partial charge in [-0.1, -0.05) is 30.3 Å². The Hall–Kier alpha value is -2.43. The van der Waals surface area contributed by atoms with Crippen LogP contribution in [0.15, 0.2) is 46.1 Å². The van der Waals surface area contributed by atoms with Crippen molar-refractivity contribution in [3.8, 4) is 0 Å². The molecule has 9 N–H and O–H groups in total. The van der Waals surface area contributed by atoms with Crippen LogP contribution < -0.4 is 23.6 Å². The number of H-pyrrole nitrogens is 1. The zero-order valence-corrected chi connectivity index (χ0v) is 18.2. The third-order valence-corrected chi connectivity index (χ3v) is 5.03. The van der Waals surface area contributed by atoms with Crippen molar-refractivity contribution in [1.29, 1.82) is 0 Å². The number of phosphoric acid groups is 1. The van der Waals surface area contributed by atoms with Crippen molar-refractivity contribution in [1.82, 2.24) is 21.9 Å². The van der Waals surface area contributed by atoms with Crippen molar-refractivity contribution in [2.24, 2.45) is 0 Å². The fourth-order valence-corrected chi connectivity index (χ4v) is 3.71. The second-order valence-electron chi connectivity index (χ2n) is 6.83. The minimum Gasteiger partial charge on any atom is -0.371 e. The van der Waals surface area contributed by atoms with Gasteiger partial charge in [0, 0.05) is 6.42 Å². The molecule has 1 aromatic heterocycles. The van der Waals surface area contributed by atoms with Gasteiger partial charge in [0.1, 0.15) is 12.3 Å². The highest BCUT2D eigenvalue weighted by Gasteiger charge is 2.56. The first-order valence-electron chi connectivity index (χ1n) is 8.98. The van der Waals surface area contributed by atoms with Crippen LogP contribution in [0.5, 0.6) is 0 Å². The average Bonchev–Trinajstić information content (AvgIpc) is 3.10. The minimum atomic E-state index is -5.62. The molecule has 0 bridgehead atoms. The normalized spacial score (nSPS) is 21.4. The van der Waals surface area contributed by atoms with Gasteiger partial charge in [-0.3, -0.25) is 18.9 Å². The molecular weight excluding hydrogens is 495 g/mol. The van der Waals surface area contributed by atoms with Crippen LogP contribution in [0.3, 0.4) is 0 Å². The van der Waals surface area contributed by atoms with E-state index in [4.69, 9.17) is 19.3 Å². The van der Waals surface area contributed by atoms with Crippen molar-refractivity contribution in [3.05, 3.63) is 68.7 Å². The molecule has 0 radical (unpaired) electrons. The molecule has 4 atom stereocenters. The number of hydrogen-bond donors (Lipinski definition) is 5. The van der Waals surface area contributed by atoms with E-state index in [1.54, 1.807) is 35.3 Å². The van der Waals surface area contributed by atoms with Gasteiger partial charge in [0.05, 0.1) is 18.9 Å². The van der Waals surface area contributed by atoms with Gasteiger partial charge in [-0.15, -0.1) is 0 Å². The molecule has 0 aliphatic carbocycles. The quantitative estimate of drug-likeness (QED) is 0.265. The molecule has 12 nitrogen and oxygen atoms in total. The largest absolute Gasteiger partial charge is 0.470 e. The van der Waals surface area contributed by atoms with Crippen LogP contribution >= 0.6 is 7.82 Å².